The smallest absolute Gasteiger partial charge is 0.253 e. The van der Waals surface area contributed by atoms with Crippen LogP contribution in [-0.2, 0) is 11.2 Å². The molecule has 0 bridgehead atoms. The van der Waals surface area contributed by atoms with Crippen molar-refractivity contribution in [2.45, 2.75) is 18.5 Å². The third-order valence-electron chi connectivity index (χ3n) is 5.15. The lowest BCUT2D eigenvalue weighted by Gasteiger charge is -2.30. The van der Waals surface area contributed by atoms with E-state index in [9.17, 15) is 9.59 Å². The van der Waals surface area contributed by atoms with Crippen molar-refractivity contribution in [2.75, 3.05) is 14.1 Å². The van der Waals surface area contributed by atoms with Gasteiger partial charge in [-0.05, 0) is 35.7 Å². The van der Waals surface area contributed by atoms with Crippen LogP contribution in [0.4, 0.5) is 0 Å². The summed E-state index contributed by atoms with van der Waals surface area (Å²) in [6, 6.07) is 14.9. The third-order valence-corrected chi connectivity index (χ3v) is 5.15. The van der Waals surface area contributed by atoms with Gasteiger partial charge in [0.05, 0.1) is 12.1 Å². The van der Waals surface area contributed by atoms with Crippen molar-refractivity contribution in [3.8, 4) is 0 Å². The first-order valence-electron chi connectivity index (χ1n) is 8.92. The summed E-state index contributed by atoms with van der Waals surface area (Å²) in [6.45, 7) is 0. The van der Waals surface area contributed by atoms with Crippen molar-refractivity contribution in [3.05, 3.63) is 70.9 Å². The van der Waals surface area contributed by atoms with Crippen LogP contribution in [0.5, 0.6) is 0 Å². The monoisotopic (exact) mass is 362 g/mol. The third kappa shape index (κ3) is 2.98. The zero-order chi connectivity index (χ0) is 19.1. The van der Waals surface area contributed by atoms with Gasteiger partial charge in [0.15, 0.2) is 0 Å². The van der Waals surface area contributed by atoms with Gasteiger partial charge >= 0.3 is 0 Å². The number of H-pyrrole nitrogens is 1. The molecule has 0 unspecified atom stereocenters. The minimum absolute atomic E-state index is 0.0422. The van der Waals surface area contributed by atoms with Crippen LogP contribution in [0.15, 0.2) is 48.5 Å². The van der Waals surface area contributed by atoms with Gasteiger partial charge in [0, 0.05) is 36.3 Å². The highest BCUT2D eigenvalue weighted by Gasteiger charge is 2.32. The summed E-state index contributed by atoms with van der Waals surface area (Å²) in [7, 11) is 3.46. The Morgan fingerprint density at radius 1 is 1.07 bits per heavy atom. The van der Waals surface area contributed by atoms with E-state index in [1.807, 2.05) is 42.5 Å². The number of hydrogen-bond donors (Lipinski definition) is 3. The van der Waals surface area contributed by atoms with Crippen LogP contribution in [0.1, 0.15) is 33.2 Å². The van der Waals surface area contributed by atoms with Gasteiger partial charge in [-0.15, -0.1) is 0 Å². The first kappa shape index (κ1) is 17.3. The number of carbonyl (C=O) groups excluding carboxylic acids is 2. The molecule has 0 spiro atoms. The van der Waals surface area contributed by atoms with Crippen LogP contribution in [0.2, 0.25) is 0 Å². The molecule has 1 aromatic heterocycles. The second-order valence-corrected chi connectivity index (χ2v) is 7.14. The summed E-state index contributed by atoms with van der Waals surface area (Å²) in [5, 5.41) is 4.47. The Balaban J connectivity index is 1.78. The molecule has 0 saturated heterocycles. The highest BCUT2D eigenvalue weighted by molar-refractivity contribution is 5.94. The highest BCUT2D eigenvalue weighted by atomic mass is 16.2. The number of nitrogens with two attached hydrogens (primary N) is 1. The molecule has 0 saturated carbocycles. The van der Waals surface area contributed by atoms with Gasteiger partial charge in [-0.25, -0.2) is 0 Å². The number of benzene rings is 2. The Kier molecular flexibility index (Phi) is 4.20. The van der Waals surface area contributed by atoms with Gasteiger partial charge in [-0.1, -0.05) is 30.3 Å². The fraction of sp³-hybridized carbons (Fsp3) is 0.238. The van der Waals surface area contributed by atoms with Crippen LogP contribution in [0.3, 0.4) is 0 Å². The first-order chi connectivity index (χ1) is 13.0. The lowest BCUT2D eigenvalue weighted by atomic mass is 9.90. The predicted molar refractivity (Wildman–Crippen MR) is 104 cm³/mol. The Hall–Kier alpha value is -3.12. The molecule has 2 aromatic carbocycles. The van der Waals surface area contributed by atoms with E-state index in [4.69, 9.17) is 5.73 Å². The second-order valence-electron chi connectivity index (χ2n) is 7.14. The van der Waals surface area contributed by atoms with Crippen LogP contribution >= 0.6 is 0 Å². The fourth-order valence-electron chi connectivity index (χ4n) is 3.76. The molecule has 0 fully saturated rings. The van der Waals surface area contributed by atoms with Gasteiger partial charge in [0.2, 0.25) is 5.91 Å². The molecule has 138 valence electrons. The zero-order valence-electron chi connectivity index (χ0n) is 15.3. The lowest BCUT2D eigenvalue weighted by Crippen LogP contribution is -2.48. The van der Waals surface area contributed by atoms with E-state index in [2.05, 4.69) is 16.4 Å². The molecule has 0 radical (unpaired) electrons. The number of primary amides is 1. The summed E-state index contributed by atoms with van der Waals surface area (Å²) in [4.78, 5) is 29.1. The Morgan fingerprint density at radius 2 is 1.78 bits per heavy atom. The first-order valence-corrected chi connectivity index (χ1v) is 8.92. The van der Waals surface area contributed by atoms with E-state index in [1.54, 1.807) is 19.0 Å². The zero-order valence-corrected chi connectivity index (χ0v) is 15.3. The number of aromatic nitrogens is 1. The van der Waals surface area contributed by atoms with Crippen molar-refractivity contribution >= 4 is 22.7 Å². The van der Waals surface area contributed by atoms with E-state index in [-0.39, 0.29) is 17.9 Å². The number of carbonyl (C=O) groups is 2. The number of nitrogens with zero attached hydrogens (tertiary/aromatic N) is 1. The van der Waals surface area contributed by atoms with Crippen molar-refractivity contribution in [1.82, 2.24) is 15.2 Å². The van der Waals surface area contributed by atoms with E-state index < -0.39 is 6.04 Å². The lowest BCUT2D eigenvalue weighted by molar-refractivity contribution is -0.120. The number of fused-ring (bicyclic) bond motifs is 3. The van der Waals surface area contributed by atoms with E-state index in [0.29, 0.717) is 12.0 Å². The number of nitrogens with one attached hydrogen (secondary N) is 2. The molecule has 6 heteroatoms. The molecule has 3 aromatic rings. The minimum Gasteiger partial charge on any atom is -0.368 e. The van der Waals surface area contributed by atoms with Gasteiger partial charge in [0.25, 0.3) is 5.91 Å². The molecule has 1 aliphatic heterocycles. The quantitative estimate of drug-likeness (QED) is 0.665. The largest absolute Gasteiger partial charge is 0.368 e. The number of aromatic amines is 1. The average molecular weight is 362 g/mol. The summed E-state index contributed by atoms with van der Waals surface area (Å²) >= 11 is 0. The normalized spacial score (nSPS) is 18.9. The molecule has 4 rings (SSSR count). The maximum absolute atomic E-state index is 12.1. The fourth-order valence-corrected chi connectivity index (χ4v) is 3.76. The average Bonchev–Trinajstić information content (AvgIpc) is 3.05. The van der Waals surface area contributed by atoms with Crippen molar-refractivity contribution in [1.29, 1.82) is 0 Å². The Morgan fingerprint density at radius 3 is 2.44 bits per heavy atom. The minimum atomic E-state index is -0.440. The summed E-state index contributed by atoms with van der Waals surface area (Å²) in [5.74, 6) is -0.408. The van der Waals surface area contributed by atoms with Gasteiger partial charge in [-0.2, -0.15) is 0 Å². The second kappa shape index (κ2) is 6.55. The van der Waals surface area contributed by atoms with Crippen LogP contribution in [0, 0.1) is 0 Å². The summed E-state index contributed by atoms with van der Waals surface area (Å²) < 4.78 is 0. The van der Waals surface area contributed by atoms with Gasteiger partial charge in [0.1, 0.15) is 0 Å². The van der Waals surface area contributed by atoms with E-state index >= 15 is 0 Å². The van der Waals surface area contributed by atoms with Crippen LogP contribution in [-0.4, -0.2) is 41.8 Å². The number of hydrogen-bond acceptors (Lipinski definition) is 3. The highest BCUT2D eigenvalue weighted by Crippen LogP contribution is 2.35. The van der Waals surface area contributed by atoms with Crippen LogP contribution in [0.25, 0.3) is 10.9 Å². The SMILES string of the molecule is CN(C)C(=O)c1ccc([C@@H]2N[C@@H](C(N)=O)Cc3c2[nH]c2ccccc32)cc1. The molecular formula is C21H22N4O2. The van der Waals surface area contributed by atoms with Crippen LogP contribution < -0.4 is 11.1 Å². The van der Waals surface area contributed by atoms with E-state index in [1.165, 1.54) is 0 Å². The molecule has 0 aliphatic carbocycles. The van der Waals surface area contributed by atoms with Crippen molar-refractivity contribution in [3.63, 3.8) is 0 Å². The van der Waals surface area contributed by atoms with Crippen molar-refractivity contribution < 1.29 is 9.59 Å². The molecule has 2 amide bonds. The van der Waals surface area contributed by atoms with Gasteiger partial charge < -0.3 is 15.6 Å². The molecule has 27 heavy (non-hydrogen) atoms. The molecule has 4 N–H and O–H groups in total. The predicted octanol–water partition coefficient (Wildman–Crippen LogP) is 1.96. The maximum Gasteiger partial charge on any atom is 0.253 e. The molecule has 2 atom stereocenters. The molecular weight excluding hydrogens is 340 g/mol. The maximum atomic E-state index is 12.1. The Bertz CT molecular complexity index is 1020. The summed E-state index contributed by atoms with van der Waals surface area (Å²) in [6.07, 6.45) is 0.558. The molecule has 1 aliphatic rings. The standard InChI is InChI=1S/C21H22N4O2/c1-25(2)21(27)13-9-7-12(8-10-13)18-19-15(11-17(24-18)20(22)26)14-5-3-4-6-16(14)23-19/h3-10,17-18,23-24H,11H2,1-2H3,(H2,22,26)/t17-,18+/m1/s1. The summed E-state index contributed by atoms with van der Waals surface area (Å²) in [5.41, 5.74) is 10.4. The Labute approximate surface area is 157 Å². The topological polar surface area (TPSA) is 91.2 Å². The number of para-hydroxylation sites is 1. The number of rotatable bonds is 3. The molecule has 6 nitrogen and oxygen atoms in total. The van der Waals surface area contributed by atoms with E-state index in [0.717, 1.165) is 27.7 Å². The number of amides is 2. The van der Waals surface area contributed by atoms with Crippen molar-refractivity contribution in [2.24, 2.45) is 5.73 Å². The van der Waals surface area contributed by atoms with Gasteiger partial charge in [-0.3, -0.25) is 14.9 Å². The molecule has 2 heterocycles.